The first-order chi connectivity index (χ1) is 11.3. The number of rotatable bonds is 5. The number of hydrogen-bond acceptors (Lipinski definition) is 4. The Balaban J connectivity index is 1.58. The summed E-state index contributed by atoms with van der Waals surface area (Å²) < 4.78 is 5.59. The summed E-state index contributed by atoms with van der Waals surface area (Å²) in [6.45, 7) is 4.68. The van der Waals surface area contributed by atoms with E-state index in [1.54, 1.807) is 6.20 Å². The normalized spacial score (nSPS) is 24.7. The fourth-order valence-electron chi connectivity index (χ4n) is 3.51. The number of aromatic nitrogens is 1. The maximum Gasteiger partial charge on any atom is 0.255 e. The van der Waals surface area contributed by atoms with Crippen molar-refractivity contribution in [1.29, 1.82) is 0 Å². The maximum absolute atomic E-state index is 12.7. The van der Waals surface area contributed by atoms with Crippen LogP contribution in [0.1, 0.15) is 55.8 Å². The molecular formula is C18H27N3O2. The minimum atomic E-state index is 0.120. The number of nitrogens with one attached hydrogen (secondary N) is 1. The van der Waals surface area contributed by atoms with E-state index in [0.29, 0.717) is 11.6 Å². The summed E-state index contributed by atoms with van der Waals surface area (Å²) in [6, 6.07) is 4.16. The fraction of sp³-hybridized carbons (Fsp3) is 0.667. The van der Waals surface area contributed by atoms with E-state index >= 15 is 0 Å². The van der Waals surface area contributed by atoms with E-state index in [4.69, 9.17) is 4.74 Å². The number of carbonyl (C=O) groups excluding carboxylic acids is 1. The van der Waals surface area contributed by atoms with Gasteiger partial charge in [0, 0.05) is 31.9 Å². The van der Waals surface area contributed by atoms with Gasteiger partial charge in [-0.1, -0.05) is 6.92 Å². The van der Waals surface area contributed by atoms with E-state index in [-0.39, 0.29) is 12.0 Å². The number of pyridine rings is 1. The zero-order chi connectivity index (χ0) is 16.1. The number of piperidine rings is 1. The summed E-state index contributed by atoms with van der Waals surface area (Å²) in [6.07, 6.45) is 8.72. The molecule has 0 spiro atoms. The average Bonchev–Trinajstić information content (AvgIpc) is 3.13. The van der Waals surface area contributed by atoms with E-state index in [9.17, 15) is 4.79 Å². The van der Waals surface area contributed by atoms with Crippen LogP contribution in [0, 0.1) is 0 Å². The number of ether oxygens (including phenoxy) is 1. The summed E-state index contributed by atoms with van der Waals surface area (Å²) in [5.74, 6) is 0.928. The average molecular weight is 317 g/mol. The number of nitrogens with zero attached hydrogens (tertiary/aromatic N) is 2. The van der Waals surface area contributed by atoms with Gasteiger partial charge in [0.2, 0.25) is 0 Å². The van der Waals surface area contributed by atoms with Crippen LogP contribution >= 0.6 is 0 Å². The summed E-state index contributed by atoms with van der Waals surface area (Å²) in [7, 11) is 0. The van der Waals surface area contributed by atoms with Gasteiger partial charge in [-0.25, -0.2) is 4.98 Å². The molecule has 23 heavy (non-hydrogen) atoms. The van der Waals surface area contributed by atoms with E-state index in [0.717, 1.165) is 57.6 Å². The zero-order valence-electron chi connectivity index (χ0n) is 14.0. The number of carbonyl (C=O) groups is 1. The Bertz CT molecular complexity index is 512. The van der Waals surface area contributed by atoms with Crippen molar-refractivity contribution in [3.8, 4) is 0 Å². The zero-order valence-corrected chi connectivity index (χ0v) is 14.0. The van der Waals surface area contributed by atoms with E-state index in [2.05, 4.69) is 17.2 Å². The quantitative estimate of drug-likeness (QED) is 0.907. The number of amides is 1. The molecular weight excluding hydrogens is 290 g/mol. The van der Waals surface area contributed by atoms with Crippen molar-refractivity contribution in [2.24, 2.45) is 0 Å². The standard InChI is InChI=1S/C18H27N3O2/c1-2-15-6-3-4-10-21(15)18(22)14-8-9-17(19-12-14)20-13-16-7-5-11-23-16/h8-9,12,15-16H,2-7,10-11,13H2,1H3,(H,19,20). The van der Waals surface area contributed by atoms with Crippen LogP contribution in [-0.4, -0.2) is 47.6 Å². The van der Waals surface area contributed by atoms with Gasteiger partial charge in [-0.2, -0.15) is 0 Å². The third-order valence-corrected chi connectivity index (χ3v) is 4.90. The highest BCUT2D eigenvalue weighted by molar-refractivity contribution is 5.94. The van der Waals surface area contributed by atoms with Crippen molar-refractivity contribution >= 4 is 11.7 Å². The van der Waals surface area contributed by atoms with Crippen molar-refractivity contribution in [1.82, 2.24) is 9.88 Å². The molecule has 0 bridgehead atoms. The van der Waals surface area contributed by atoms with Gasteiger partial charge in [0.05, 0.1) is 11.7 Å². The Morgan fingerprint density at radius 3 is 2.96 bits per heavy atom. The largest absolute Gasteiger partial charge is 0.376 e. The third-order valence-electron chi connectivity index (χ3n) is 4.90. The molecule has 5 nitrogen and oxygen atoms in total. The lowest BCUT2D eigenvalue weighted by Crippen LogP contribution is -2.43. The fourth-order valence-corrected chi connectivity index (χ4v) is 3.51. The van der Waals surface area contributed by atoms with Crippen molar-refractivity contribution in [3.05, 3.63) is 23.9 Å². The lowest BCUT2D eigenvalue weighted by molar-refractivity contribution is 0.0607. The minimum Gasteiger partial charge on any atom is -0.376 e. The number of anilines is 1. The van der Waals surface area contributed by atoms with Crippen LogP contribution in [0.5, 0.6) is 0 Å². The van der Waals surface area contributed by atoms with E-state index in [1.165, 1.54) is 6.42 Å². The SMILES string of the molecule is CCC1CCCCN1C(=O)c1ccc(NCC2CCCO2)nc1. The van der Waals surface area contributed by atoms with Crippen molar-refractivity contribution in [2.75, 3.05) is 25.0 Å². The van der Waals surface area contributed by atoms with Crippen LogP contribution in [0.2, 0.25) is 0 Å². The first-order valence-corrected chi connectivity index (χ1v) is 8.90. The molecule has 0 aromatic carbocycles. The van der Waals surface area contributed by atoms with Crippen molar-refractivity contribution in [2.45, 2.75) is 57.6 Å². The van der Waals surface area contributed by atoms with Gasteiger partial charge < -0.3 is 15.0 Å². The molecule has 126 valence electrons. The summed E-state index contributed by atoms with van der Waals surface area (Å²) in [4.78, 5) is 19.1. The molecule has 0 saturated carbocycles. The Kier molecular flexibility index (Phi) is 5.49. The maximum atomic E-state index is 12.7. The van der Waals surface area contributed by atoms with Crippen LogP contribution in [0.3, 0.4) is 0 Å². The first-order valence-electron chi connectivity index (χ1n) is 8.90. The number of likely N-dealkylation sites (tertiary alicyclic amines) is 1. The Labute approximate surface area is 138 Å². The highest BCUT2D eigenvalue weighted by Crippen LogP contribution is 2.22. The molecule has 1 aromatic rings. The van der Waals surface area contributed by atoms with Gasteiger partial charge in [-0.3, -0.25) is 4.79 Å². The lowest BCUT2D eigenvalue weighted by atomic mass is 9.99. The monoisotopic (exact) mass is 317 g/mol. The molecule has 3 heterocycles. The summed E-state index contributed by atoms with van der Waals surface area (Å²) in [5, 5.41) is 3.29. The van der Waals surface area contributed by atoms with Gasteiger partial charge in [0.15, 0.2) is 0 Å². The topological polar surface area (TPSA) is 54.5 Å². The molecule has 2 atom stereocenters. The molecule has 0 aliphatic carbocycles. The highest BCUT2D eigenvalue weighted by atomic mass is 16.5. The lowest BCUT2D eigenvalue weighted by Gasteiger charge is -2.35. The molecule has 1 amide bonds. The smallest absolute Gasteiger partial charge is 0.255 e. The molecule has 2 aliphatic rings. The van der Waals surface area contributed by atoms with Crippen LogP contribution < -0.4 is 5.32 Å². The Morgan fingerprint density at radius 1 is 1.35 bits per heavy atom. The summed E-state index contributed by atoms with van der Waals surface area (Å²) >= 11 is 0. The predicted molar refractivity (Wildman–Crippen MR) is 90.7 cm³/mol. The van der Waals surface area contributed by atoms with Crippen LogP contribution in [0.4, 0.5) is 5.82 Å². The molecule has 5 heteroatoms. The molecule has 2 saturated heterocycles. The van der Waals surface area contributed by atoms with Gasteiger partial charge in [0.1, 0.15) is 5.82 Å². The van der Waals surface area contributed by atoms with Crippen molar-refractivity contribution < 1.29 is 9.53 Å². The Hall–Kier alpha value is -1.62. The molecule has 2 aliphatic heterocycles. The first kappa shape index (κ1) is 16.2. The van der Waals surface area contributed by atoms with Crippen molar-refractivity contribution in [3.63, 3.8) is 0 Å². The molecule has 2 unspecified atom stereocenters. The minimum absolute atomic E-state index is 0.120. The highest BCUT2D eigenvalue weighted by Gasteiger charge is 2.26. The van der Waals surface area contributed by atoms with Gasteiger partial charge in [-0.15, -0.1) is 0 Å². The van der Waals surface area contributed by atoms with Crippen LogP contribution in [0.15, 0.2) is 18.3 Å². The summed E-state index contributed by atoms with van der Waals surface area (Å²) in [5.41, 5.74) is 0.688. The van der Waals surface area contributed by atoms with Crippen LogP contribution in [0.25, 0.3) is 0 Å². The molecule has 1 aromatic heterocycles. The second-order valence-electron chi connectivity index (χ2n) is 6.50. The molecule has 1 N–H and O–H groups in total. The van der Waals surface area contributed by atoms with Gasteiger partial charge >= 0.3 is 0 Å². The third kappa shape index (κ3) is 4.02. The second-order valence-corrected chi connectivity index (χ2v) is 6.50. The second kappa shape index (κ2) is 7.77. The predicted octanol–water partition coefficient (Wildman–Crippen LogP) is 3.08. The van der Waals surface area contributed by atoms with Crippen LogP contribution in [-0.2, 0) is 4.74 Å². The number of hydrogen-bond donors (Lipinski definition) is 1. The molecule has 0 radical (unpaired) electrons. The van der Waals surface area contributed by atoms with Gasteiger partial charge in [-0.05, 0) is 50.7 Å². The Morgan fingerprint density at radius 2 is 2.26 bits per heavy atom. The molecule has 3 rings (SSSR count). The van der Waals surface area contributed by atoms with E-state index in [1.807, 2.05) is 17.0 Å². The van der Waals surface area contributed by atoms with Gasteiger partial charge in [0.25, 0.3) is 5.91 Å². The molecule has 2 fully saturated rings. The van der Waals surface area contributed by atoms with E-state index < -0.39 is 0 Å².